The summed E-state index contributed by atoms with van der Waals surface area (Å²) in [4.78, 5) is 32.7. The fraction of sp³-hybridized carbons (Fsp3) is 0.778. The molecule has 0 aliphatic carbocycles. The maximum absolute atomic E-state index is 12.7. The van der Waals surface area contributed by atoms with Crippen molar-refractivity contribution in [3.05, 3.63) is 12.7 Å². The van der Waals surface area contributed by atoms with E-state index in [0.717, 1.165) is 45.3 Å². The summed E-state index contributed by atoms with van der Waals surface area (Å²) in [5.74, 6) is 0.425. The maximum atomic E-state index is 12.7. The number of nitrogens with zero attached hydrogens (tertiary/aromatic N) is 5. The molecule has 1 spiro atoms. The number of rotatable bonds is 7. The van der Waals surface area contributed by atoms with Crippen molar-refractivity contribution in [1.82, 2.24) is 24.6 Å². The zero-order valence-electron chi connectivity index (χ0n) is 15.6. The average molecular weight is 363 g/mol. The number of ether oxygens (including phenoxy) is 1. The molecule has 2 saturated heterocycles. The predicted octanol–water partition coefficient (Wildman–Crippen LogP) is 0.936. The minimum atomic E-state index is 0.0570. The first-order chi connectivity index (χ1) is 12.6. The Morgan fingerprint density at radius 2 is 2.19 bits per heavy atom. The Bertz CT molecular complexity index is 606. The van der Waals surface area contributed by atoms with Gasteiger partial charge >= 0.3 is 0 Å². The minimum absolute atomic E-state index is 0.0570. The van der Waals surface area contributed by atoms with E-state index in [0.29, 0.717) is 32.5 Å². The summed E-state index contributed by atoms with van der Waals surface area (Å²) in [6, 6.07) is 0. The largest absolute Gasteiger partial charge is 0.383 e. The molecule has 2 aliphatic rings. The highest BCUT2D eigenvalue weighted by molar-refractivity contribution is 5.78. The zero-order chi connectivity index (χ0) is 18.4. The van der Waals surface area contributed by atoms with Gasteiger partial charge in [0.2, 0.25) is 11.8 Å². The number of aromatic nitrogens is 3. The molecule has 1 aromatic heterocycles. The molecule has 2 fully saturated rings. The van der Waals surface area contributed by atoms with Crippen LogP contribution in [-0.4, -0.2) is 76.3 Å². The fourth-order valence-corrected chi connectivity index (χ4v) is 4.16. The number of carbonyl (C=O) groups is 2. The third-order valence-electron chi connectivity index (χ3n) is 5.57. The van der Waals surface area contributed by atoms with Gasteiger partial charge in [-0.3, -0.25) is 14.3 Å². The molecule has 0 radical (unpaired) electrons. The minimum Gasteiger partial charge on any atom is -0.383 e. The van der Waals surface area contributed by atoms with Crippen LogP contribution in [0, 0.1) is 5.41 Å². The van der Waals surface area contributed by atoms with Crippen LogP contribution in [0.5, 0.6) is 0 Å². The van der Waals surface area contributed by atoms with Crippen molar-refractivity contribution in [1.29, 1.82) is 0 Å². The number of methoxy groups -OCH3 is 1. The lowest BCUT2D eigenvalue weighted by molar-refractivity contribution is -0.143. The van der Waals surface area contributed by atoms with E-state index < -0.39 is 0 Å². The Morgan fingerprint density at radius 1 is 1.31 bits per heavy atom. The summed E-state index contributed by atoms with van der Waals surface area (Å²) in [7, 11) is 1.66. The number of hydrogen-bond acceptors (Lipinski definition) is 5. The highest BCUT2D eigenvalue weighted by atomic mass is 16.5. The first kappa shape index (κ1) is 18.8. The quantitative estimate of drug-likeness (QED) is 0.720. The molecule has 0 N–H and O–H groups in total. The van der Waals surface area contributed by atoms with Crippen molar-refractivity contribution in [2.45, 2.75) is 45.1 Å². The Kier molecular flexibility index (Phi) is 6.24. The zero-order valence-corrected chi connectivity index (χ0v) is 15.6. The van der Waals surface area contributed by atoms with Crippen LogP contribution in [0.15, 0.2) is 12.7 Å². The van der Waals surface area contributed by atoms with E-state index >= 15 is 0 Å². The van der Waals surface area contributed by atoms with Crippen molar-refractivity contribution in [3.8, 4) is 0 Å². The van der Waals surface area contributed by atoms with E-state index in [1.165, 1.54) is 6.33 Å². The molecule has 0 saturated carbocycles. The Hall–Kier alpha value is -1.96. The standard InChI is InChI=1S/C18H29N5O3/c1-26-11-10-22-13-18(7-5-17(22)25)6-3-8-21(12-18)16(24)4-2-9-23-15-19-14-20-23/h14-15H,2-13H2,1H3. The van der Waals surface area contributed by atoms with Crippen LogP contribution in [0.3, 0.4) is 0 Å². The highest BCUT2D eigenvalue weighted by Crippen LogP contribution is 2.39. The molecule has 3 rings (SSSR count). The van der Waals surface area contributed by atoms with E-state index in [2.05, 4.69) is 10.1 Å². The monoisotopic (exact) mass is 363 g/mol. The number of likely N-dealkylation sites (tertiary alicyclic amines) is 2. The van der Waals surface area contributed by atoms with E-state index in [1.807, 2.05) is 9.80 Å². The van der Waals surface area contributed by atoms with Gasteiger partial charge in [-0.25, -0.2) is 4.98 Å². The Labute approximate surface area is 154 Å². The molecule has 0 aromatic carbocycles. The number of carbonyl (C=O) groups excluding carboxylic acids is 2. The first-order valence-electron chi connectivity index (χ1n) is 9.49. The SMILES string of the molecule is COCCN1CC2(CCCN(C(=O)CCCn3cncn3)C2)CCC1=O. The van der Waals surface area contributed by atoms with E-state index in [1.54, 1.807) is 18.1 Å². The number of aryl methyl sites for hydroxylation is 1. The van der Waals surface area contributed by atoms with Crippen molar-refractivity contribution < 1.29 is 14.3 Å². The smallest absolute Gasteiger partial charge is 0.222 e. The summed E-state index contributed by atoms with van der Waals surface area (Å²) < 4.78 is 6.89. The van der Waals surface area contributed by atoms with Gasteiger partial charge in [0.05, 0.1) is 6.61 Å². The van der Waals surface area contributed by atoms with Gasteiger partial charge in [0.1, 0.15) is 12.7 Å². The summed E-state index contributed by atoms with van der Waals surface area (Å²) >= 11 is 0. The maximum Gasteiger partial charge on any atom is 0.222 e. The fourth-order valence-electron chi connectivity index (χ4n) is 4.16. The van der Waals surface area contributed by atoms with Crippen molar-refractivity contribution in [2.24, 2.45) is 5.41 Å². The lowest BCUT2D eigenvalue weighted by Crippen LogP contribution is -2.55. The van der Waals surface area contributed by atoms with Gasteiger partial charge in [0.25, 0.3) is 0 Å². The molecule has 8 nitrogen and oxygen atoms in total. The van der Waals surface area contributed by atoms with Crippen molar-refractivity contribution >= 4 is 11.8 Å². The van der Waals surface area contributed by atoms with Gasteiger partial charge in [-0.15, -0.1) is 0 Å². The summed E-state index contributed by atoms with van der Waals surface area (Å²) in [6.45, 7) is 4.26. The van der Waals surface area contributed by atoms with Crippen LogP contribution in [0.1, 0.15) is 38.5 Å². The Morgan fingerprint density at radius 3 is 2.96 bits per heavy atom. The first-order valence-corrected chi connectivity index (χ1v) is 9.49. The summed E-state index contributed by atoms with van der Waals surface area (Å²) in [5, 5.41) is 4.07. The molecule has 144 valence electrons. The van der Waals surface area contributed by atoms with Crippen LogP contribution in [0.2, 0.25) is 0 Å². The second-order valence-corrected chi connectivity index (χ2v) is 7.49. The predicted molar refractivity (Wildman–Crippen MR) is 95.2 cm³/mol. The molecule has 8 heteroatoms. The topological polar surface area (TPSA) is 80.6 Å². The molecular formula is C18H29N5O3. The van der Waals surface area contributed by atoms with Gasteiger partial charge in [0.15, 0.2) is 0 Å². The lowest BCUT2D eigenvalue weighted by atomic mass is 9.73. The van der Waals surface area contributed by atoms with Gasteiger partial charge in [0, 0.05) is 58.1 Å². The molecular weight excluding hydrogens is 334 g/mol. The van der Waals surface area contributed by atoms with Crippen LogP contribution in [0.4, 0.5) is 0 Å². The van der Waals surface area contributed by atoms with Crippen LogP contribution in [-0.2, 0) is 20.9 Å². The lowest BCUT2D eigenvalue weighted by Gasteiger charge is -2.48. The van der Waals surface area contributed by atoms with Crippen LogP contribution in [0.25, 0.3) is 0 Å². The number of amides is 2. The van der Waals surface area contributed by atoms with Gasteiger partial charge in [-0.05, 0) is 25.7 Å². The van der Waals surface area contributed by atoms with Gasteiger partial charge < -0.3 is 14.5 Å². The molecule has 26 heavy (non-hydrogen) atoms. The molecule has 2 amide bonds. The van der Waals surface area contributed by atoms with Gasteiger partial charge in [-0.2, -0.15) is 5.10 Å². The third-order valence-corrected chi connectivity index (χ3v) is 5.57. The second kappa shape index (κ2) is 8.62. The van der Waals surface area contributed by atoms with Crippen molar-refractivity contribution in [2.75, 3.05) is 39.9 Å². The number of piperidine rings is 2. The third kappa shape index (κ3) is 4.60. The molecule has 1 unspecified atom stereocenters. The van der Waals surface area contributed by atoms with E-state index in [4.69, 9.17) is 4.74 Å². The normalized spacial score (nSPS) is 23.7. The van der Waals surface area contributed by atoms with E-state index in [-0.39, 0.29) is 17.2 Å². The number of hydrogen-bond donors (Lipinski definition) is 0. The Balaban J connectivity index is 1.52. The average Bonchev–Trinajstić information content (AvgIpc) is 3.16. The second-order valence-electron chi connectivity index (χ2n) is 7.49. The summed E-state index contributed by atoms with van der Waals surface area (Å²) in [6.07, 6.45) is 8.06. The van der Waals surface area contributed by atoms with E-state index in [9.17, 15) is 9.59 Å². The molecule has 2 aliphatic heterocycles. The van der Waals surface area contributed by atoms with Crippen LogP contribution >= 0.6 is 0 Å². The molecule has 3 heterocycles. The molecule has 1 atom stereocenters. The van der Waals surface area contributed by atoms with Crippen molar-refractivity contribution in [3.63, 3.8) is 0 Å². The molecule has 1 aromatic rings. The van der Waals surface area contributed by atoms with Crippen LogP contribution < -0.4 is 0 Å². The van der Waals surface area contributed by atoms with Gasteiger partial charge in [-0.1, -0.05) is 0 Å². The highest BCUT2D eigenvalue weighted by Gasteiger charge is 2.42. The molecule has 0 bridgehead atoms. The summed E-state index contributed by atoms with van der Waals surface area (Å²) in [5.41, 5.74) is 0.0570.